The molecule has 2 aliphatic rings. The molecule has 0 bridgehead atoms. The highest BCUT2D eigenvalue weighted by Gasteiger charge is 2.32. The molecule has 5 rings (SSSR count). The molecule has 1 saturated carbocycles. The Labute approximate surface area is 163 Å². The van der Waals surface area contributed by atoms with Crippen molar-refractivity contribution in [3.05, 3.63) is 52.9 Å². The summed E-state index contributed by atoms with van der Waals surface area (Å²) in [6, 6.07) is 8.72. The molecule has 2 aliphatic carbocycles. The average molecular weight is 383 g/mol. The van der Waals surface area contributed by atoms with Gasteiger partial charge in [0, 0.05) is 17.3 Å². The van der Waals surface area contributed by atoms with Gasteiger partial charge in [0.25, 0.3) is 0 Å². The van der Waals surface area contributed by atoms with Crippen molar-refractivity contribution in [3.63, 3.8) is 0 Å². The van der Waals surface area contributed by atoms with Crippen LogP contribution >= 0.6 is 11.6 Å². The van der Waals surface area contributed by atoms with Crippen molar-refractivity contribution in [1.82, 2.24) is 14.5 Å². The van der Waals surface area contributed by atoms with Crippen LogP contribution in [0.25, 0.3) is 11.0 Å². The third kappa shape index (κ3) is 2.80. The SMILES string of the molecule is C[C@H]1C[C@@H](n2ccc3c(N[C@H]4CCc5c(Cl)cccc54)ncnc32)C[C@@H]1O. The molecule has 0 spiro atoms. The van der Waals surface area contributed by atoms with Crippen molar-refractivity contribution < 1.29 is 5.11 Å². The van der Waals surface area contributed by atoms with E-state index in [1.165, 1.54) is 11.1 Å². The van der Waals surface area contributed by atoms with E-state index in [2.05, 4.69) is 45.1 Å². The topological polar surface area (TPSA) is 63.0 Å². The number of hydrogen-bond donors (Lipinski definition) is 2. The van der Waals surface area contributed by atoms with E-state index in [0.717, 1.165) is 47.6 Å². The molecule has 5 nitrogen and oxygen atoms in total. The lowest BCUT2D eigenvalue weighted by molar-refractivity contribution is 0.139. The molecule has 0 aliphatic heterocycles. The van der Waals surface area contributed by atoms with Crippen molar-refractivity contribution >= 4 is 28.5 Å². The predicted octanol–water partition coefficient (Wildman–Crippen LogP) is 4.52. The van der Waals surface area contributed by atoms with Crippen LogP contribution in [-0.2, 0) is 6.42 Å². The number of aliphatic hydroxyl groups is 1. The largest absolute Gasteiger partial charge is 0.393 e. The molecule has 2 N–H and O–H groups in total. The van der Waals surface area contributed by atoms with Gasteiger partial charge in [-0.3, -0.25) is 0 Å². The van der Waals surface area contributed by atoms with Crippen LogP contribution in [0.4, 0.5) is 5.82 Å². The Morgan fingerprint density at radius 1 is 1.22 bits per heavy atom. The second-order valence-electron chi connectivity index (χ2n) is 7.90. The van der Waals surface area contributed by atoms with E-state index in [0.29, 0.717) is 12.0 Å². The highest BCUT2D eigenvalue weighted by Crippen LogP contribution is 2.40. The molecule has 27 heavy (non-hydrogen) atoms. The summed E-state index contributed by atoms with van der Waals surface area (Å²) < 4.78 is 2.20. The highest BCUT2D eigenvalue weighted by atomic mass is 35.5. The fourth-order valence-electron chi connectivity index (χ4n) is 4.73. The maximum absolute atomic E-state index is 10.1. The Balaban J connectivity index is 1.47. The third-order valence-corrected chi connectivity index (χ3v) is 6.60. The van der Waals surface area contributed by atoms with Crippen LogP contribution in [0.2, 0.25) is 5.02 Å². The zero-order chi connectivity index (χ0) is 18.5. The quantitative estimate of drug-likeness (QED) is 0.699. The standard InChI is InChI=1S/C21H23ClN4O/c1-12-9-13(10-19(12)27)26-8-7-16-20(23-11-24-21(16)26)25-18-6-5-14-15(18)3-2-4-17(14)22/h2-4,7-8,11-13,18-19,27H,5-6,9-10H2,1H3,(H,23,24,25)/t12-,13+,18-,19-/m0/s1. The van der Waals surface area contributed by atoms with Crippen molar-refractivity contribution in [1.29, 1.82) is 0 Å². The van der Waals surface area contributed by atoms with Crippen LogP contribution in [0.15, 0.2) is 36.8 Å². The lowest BCUT2D eigenvalue weighted by Gasteiger charge is -2.16. The molecule has 4 atom stereocenters. The highest BCUT2D eigenvalue weighted by molar-refractivity contribution is 6.31. The van der Waals surface area contributed by atoms with Gasteiger partial charge in [-0.15, -0.1) is 0 Å². The van der Waals surface area contributed by atoms with Crippen LogP contribution in [0, 0.1) is 5.92 Å². The maximum Gasteiger partial charge on any atom is 0.145 e. The number of nitrogens with one attached hydrogen (secondary N) is 1. The van der Waals surface area contributed by atoms with Gasteiger partial charge in [0.15, 0.2) is 0 Å². The van der Waals surface area contributed by atoms with Gasteiger partial charge in [0.1, 0.15) is 17.8 Å². The molecule has 0 saturated heterocycles. The minimum Gasteiger partial charge on any atom is -0.393 e. The zero-order valence-electron chi connectivity index (χ0n) is 15.3. The van der Waals surface area contributed by atoms with Crippen LogP contribution in [0.3, 0.4) is 0 Å². The van der Waals surface area contributed by atoms with Gasteiger partial charge in [-0.25, -0.2) is 9.97 Å². The number of anilines is 1. The summed E-state index contributed by atoms with van der Waals surface area (Å²) in [4.78, 5) is 9.06. The molecule has 0 amide bonds. The fraction of sp³-hybridized carbons (Fsp3) is 0.429. The molecular weight excluding hydrogens is 360 g/mol. The van der Waals surface area contributed by atoms with Gasteiger partial charge < -0.3 is 15.0 Å². The summed E-state index contributed by atoms with van der Waals surface area (Å²) in [5.74, 6) is 1.19. The van der Waals surface area contributed by atoms with Gasteiger partial charge in [-0.2, -0.15) is 0 Å². The molecule has 1 aromatic carbocycles. The van der Waals surface area contributed by atoms with E-state index < -0.39 is 0 Å². The molecule has 1 fully saturated rings. The molecule has 0 radical (unpaired) electrons. The lowest BCUT2D eigenvalue weighted by atomic mass is 10.1. The predicted molar refractivity (Wildman–Crippen MR) is 107 cm³/mol. The van der Waals surface area contributed by atoms with Gasteiger partial charge >= 0.3 is 0 Å². The summed E-state index contributed by atoms with van der Waals surface area (Å²) in [7, 11) is 0. The summed E-state index contributed by atoms with van der Waals surface area (Å²) >= 11 is 6.36. The number of aliphatic hydroxyl groups excluding tert-OH is 1. The number of halogens is 1. The minimum atomic E-state index is -0.230. The number of fused-ring (bicyclic) bond motifs is 2. The number of hydrogen-bond acceptors (Lipinski definition) is 4. The number of benzene rings is 1. The summed E-state index contributed by atoms with van der Waals surface area (Å²) in [6.07, 6.45) is 7.24. The van der Waals surface area contributed by atoms with Crippen LogP contribution in [-0.4, -0.2) is 25.7 Å². The summed E-state index contributed by atoms with van der Waals surface area (Å²) in [6.45, 7) is 2.11. The van der Waals surface area contributed by atoms with E-state index in [1.54, 1.807) is 6.33 Å². The first-order valence-corrected chi connectivity index (χ1v) is 10.0. The van der Waals surface area contributed by atoms with Crippen LogP contribution in [0.5, 0.6) is 0 Å². The zero-order valence-corrected chi connectivity index (χ0v) is 16.0. The van der Waals surface area contributed by atoms with E-state index >= 15 is 0 Å². The minimum absolute atomic E-state index is 0.216. The Kier molecular flexibility index (Phi) is 4.10. The lowest BCUT2D eigenvalue weighted by Crippen LogP contribution is -2.10. The molecule has 2 aromatic heterocycles. The summed E-state index contributed by atoms with van der Waals surface area (Å²) in [5.41, 5.74) is 3.44. The Morgan fingerprint density at radius 3 is 2.93 bits per heavy atom. The second-order valence-corrected chi connectivity index (χ2v) is 8.30. The molecular formula is C21H23ClN4O. The Hall–Kier alpha value is -2.11. The summed E-state index contributed by atoms with van der Waals surface area (Å²) in [5, 5.41) is 15.6. The van der Waals surface area contributed by atoms with Gasteiger partial charge in [-0.05, 0) is 54.9 Å². The van der Waals surface area contributed by atoms with Gasteiger partial charge in [0.2, 0.25) is 0 Å². The van der Waals surface area contributed by atoms with E-state index in [-0.39, 0.29) is 12.1 Å². The Morgan fingerprint density at radius 2 is 2.11 bits per heavy atom. The number of nitrogens with zero attached hydrogens (tertiary/aromatic N) is 3. The first kappa shape index (κ1) is 17.0. The van der Waals surface area contributed by atoms with Crippen LogP contribution in [0.1, 0.15) is 49.4 Å². The molecule has 2 heterocycles. The van der Waals surface area contributed by atoms with Crippen molar-refractivity contribution in [3.8, 4) is 0 Å². The number of rotatable bonds is 3. The molecule has 6 heteroatoms. The Bertz CT molecular complexity index is 991. The van der Waals surface area contributed by atoms with Gasteiger partial charge in [0.05, 0.1) is 17.5 Å². The second kappa shape index (κ2) is 6.50. The van der Waals surface area contributed by atoms with Crippen molar-refractivity contribution in [2.45, 2.75) is 50.8 Å². The van der Waals surface area contributed by atoms with Gasteiger partial charge in [-0.1, -0.05) is 30.7 Å². The first-order valence-electron chi connectivity index (χ1n) is 9.65. The normalized spacial score (nSPS) is 27.2. The molecule has 0 unspecified atom stereocenters. The first-order chi connectivity index (χ1) is 13.1. The molecule has 140 valence electrons. The fourth-order valence-corrected chi connectivity index (χ4v) is 5.00. The van der Waals surface area contributed by atoms with Crippen molar-refractivity contribution in [2.24, 2.45) is 5.92 Å². The van der Waals surface area contributed by atoms with Crippen LogP contribution < -0.4 is 5.32 Å². The van der Waals surface area contributed by atoms with Crippen molar-refractivity contribution in [2.75, 3.05) is 5.32 Å². The maximum atomic E-state index is 10.1. The van der Waals surface area contributed by atoms with E-state index in [1.807, 2.05) is 12.1 Å². The van der Waals surface area contributed by atoms with E-state index in [4.69, 9.17) is 11.6 Å². The monoisotopic (exact) mass is 382 g/mol. The molecule has 3 aromatic rings. The smallest absolute Gasteiger partial charge is 0.145 e. The third-order valence-electron chi connectivity index (χ3n) is 6.24. The average Bonchev–Trinajstić information content (AvgIpc) is 3.34. The van der Waals surface area contributed by atoms with E-state index in [9.17, 15) is 5.11 Å². The number of aromatic nitrogens is 3.